The Morgan fingerprint density at radius 1 is 1.11 bits per heavy atom. The second-order valence-electron chi connectivity index (χ2n) is 7.15. The van der Waals surface area contributed by atoms with E-state index in [1.807, 2.05) is 36.4 Å². The average Bonchev–Trinajstić information content (AvgIpc) is 3.13. The van der Waals surface area contributed by atoms with Crippen molar-refractivity contribution in [3.63, 3.8) is 0 Å². The molecule has 2 aliphatic rings. The molecule has 1 aliphatic heterocycles. The van der Waals surface area contributed by atoms with E-state index in [-0.39, 0.29) is 24.5 Å². The topological polar surface area (TPSA) is 58.6 Å². The zero-order chi connectivity index (χ0) is 18.6. The van der Waals surface area contributed by atoms with Gasteiger partial charge in [0.25, 0.3) is 5.91 Å². The van der Waals surface area contributed by atoms with Crippen LogP contribution in [-0.2, 0) is 16.0 Å². The van der Waals surface area contributed by atoms with Crippen LogP contribution in [0.4, 0.5) is 5.69 Å². The van der Waals surface area contributed by atoms with E-state index >= 15 is 0 Å². The van der Waals surface area contributed by atoms with Gasteiger partial charge in [-0.2, -0.15) is 0 Å². The quantitative estimate of drug-likeness (QED) is 0.885. The molecule has 2 aromatic rings. The summed E-state index contributed by atoms with van der Waals surface area (Å²) >= 11 is 0. The Labute approximate surface area is 159 Å². The number of anilines is 1. The lowest BCUT2D eigenvalue weighted by Crippen LogP contribution is -2.34. The van der Waals surface area contributed by atoms with Gasteiger partial charge in [0.15, 0.2) is 6.61 Å². The first-order chi connectivity index (χ1) is 13.2. The summed E-state index contributed by atoms with van der Waals surface area (Å²) in [6, 6.07) is 15.7. The predicted molar refractivity (Wildman–Crippen MR) is 104 cm³/mol. The number of hydrogen-bond acceptors (Lipinski definition) is 3. The fourth-order valence-electron chi connectivity index (χ4n) is 3.95. The number of ether oxygens (including phenoxy) is 1. The summed E-state index contributed by atoms with van der Waals surface area (Å²) in [5.41, 5.74) is 3.36. The number of amides is 2. The molecule has 5 nitrogen and oxygen atoms in total. The first kappa shape index (κ1) is 17.6. The van der Waals surface area contributed by atoms with Crippen molar-refractivity contribution >= 4 is 17.5 Å². The third kappa shape index (κ3) is 3.97. The molecule has 0 aromatic heterocycles. The highest BCUT2D eigenvalue weighted by atomic mass is 16.5. The maximum atomic E-state index is 12.4. The third-order valence-corrected chi connectivity index (χ3v) is 5.28. The fourth-order valence-corrected chi connectivity index (χ4v) is 3.95. The number of carbonyl (C=O) groups excluding carboxylic acids is 2. The Morgan fingerprint density at radius 3 is 2.85 bits per heavy atom. The molecular weight excluding hydrogens is 340 g/mol. The van der Waals surface area contributed by atoms with Gasteiger partial charge in [0, 0.05) is 24.7 Å². The van der Waals surface area contributed by atoms with Crippen LogP contribution in [0.15, 0.2) is 48.5 Å². The Hall–Kier alpha value is -2.82. The molecule has 1 N–H and O–H groups in total. The number of carbonyl (C=O) groups is 2. The SMILES string of the molecule is O=C(COc1cccc(N2CCCC2=O)c1)N[C@H]1CCCc2ccccc21. The molecule has 2 aromatic carbocycles. The van der Waals surface area contributed by atoms with Gasteiger partial charge in [0.1, 0.15) is 5.75 Å². The lowest BCUT2D eigenvalue weighted by Gasteiger charge is -2.26. The van der Waals surface area contributed by atoms with Gasteiger partial charge in [-0.3, -0.25) is 9.59 Å². The minimum atomic E-state index is -0.126. The molecule has 5 heteroatoms. The summed E-state index contributed by atoms with van der Waals surface area (Å²) in [6.45, 7) is 0.708. The van der Waals surface area contributed by atoms with E-state index < -0.39 is 0 Å². The van der Waals surface area contributed by atoms with Crippen LogP contribution in [0.2, 0.25) is 0 Å². The van der Waals surface area contributed by atoms with E-state index in [1.165, 1.54) is 11.1 Å². The lowest BCUT2D eigenvalue weighted by atomic mass is 9.88. The van der Waals surface area contributed by atoms with Crippen molar-refractivity contribution in [3.05, 3.63) is 59.7 Å². The van der Waals surface area contributed by atoms with Gasteiger partial charge >= 0.3 is 0 Å². The van der Waals surface area contributed by atoms with Crippen molar-refractivity contribution in [2.45, 2.75) is 38.1 Å². The summed E-state index contributed by atoms with van der Waals surface area (Å²) in [6.07, 6.45) is 4.58. The van der Waals surface area contributed by atoms with E-state index in [4.69, 9.17) is 4.74 Å². The van der Waals surface area contributed by atoms with Gasteiger partial charge in [0.05, 0.1) is 6.04 Å². The van der Waals surface area contributed by atoms with Gasteiger partial charge in [-0.05, 0) is 48.9 Å². The number of hydrogen-bond donors (Lipinski definition) is 1. The van der Waals surface area contributed by atoms with Crippen LogP contribution in [0.1, 0.15) is 42.9 Å². The van der Waals surface area contributed by atoms with E-state index in [1.54, 1.807) is 4.90 Å². The van der Waals surface area contributed by atoms with Crippen LogP contribution < -0.4 is 15.0 Å². The lowest BCUT2D eigenvalue weighted by molar-refractivity contribution is -0.124. The van der Waals surface area contributed by atoms with Gasteiger partial charge in [-0.1, -0.05) is 30.3 Å². The number of benzene rings is 2. The van der Waals surface area contributed by atoms with Crippen molar-refractivity contribution in [2.24, 2.45) is 0 Å². The second kappa shape index (κ2) is 7.82. The maximum absolute atomic E-state index is 12.4. The minimum absolute atomic E-state index is 0.0317. The molecule has 0 radical (unpaired) electrons. The summed E-state index contributed by atoms with van der Waals surface area (Å²) in [4.78, 5) is 26.1. The Kier molecular flexibility index (Phi) is 5.10. The largest absolute Gasteiger partial charge is 0.484 e. The number of rotatable bonds is 5. The average molecular weight is 364 g/mol. The van der Waals surface area contributed by atoms with Crippen LogP contribution in [0.25, 0.3) is 0 Å². The Bertz CT molecular complexity index is 849. The van der Waals surface area contributed by atoms with E-state index in [2.05, 4.69) is 17.4 Å². The molecule has 1 saturated heterocycles. The third-order valence-electron chi connectivity index (χ3n) is 5.28. The van der Waals surface area contributed by atoms with Crippen LogP contribution in [0.3, 0.4) is 0 Å². The molecule has 2 amide bonds. The molecule has 1 aliphatic carbocycles. The van der Waals surface area contributed by atoms with Crippen molar-refractivity contribution in [1.29, 1.82) is 0 Å². The van der Waals surface area contributed by atoms with E-state index in [0.29, 0.717) is 12.2 Å². The van der Waals surface area contributed by atoms with Crippen molar-refractivity contribution in [2.75, 3.05) is 18.1 Å². The fraction of sp³-hybridized carbons (Fsp3) is 0.364. The summed E-state index contributed by atoms with van der Waals surface area (Å²) < 4.78 is 5.68. The maximum Gasteiger partial charge on any atom is 0.258 e. The normalized spacial score (nSPS) is 18.9. The van der Waals surface area contributed by atoms with Gasteiger partial charge in [-0.15, -0.1) is 0 Å². The van der Waals surface area contributed by atoms with Crippen LogP contribution in [-0.4, -0.2) is 25.0 Å². The molecule has 27 heavy (non-hydrogen) atoms. The van der Waals surface area contributed by atoms with E-state index in [0.717, 1.165) is 37.9 Å². The zero-order valence-corrected chi connectivity index (χ0v) is 15.3. The van der Waals surface area contributed by atoms with Crippen molar-refractivity contribution < 1.29 is 14.3 Å². The highest BCUT2D eigenvalue weighted by molar-refractivity contribution is 5.95. The molecule has 140 valence electrons. The summed E-state index contributed by atoms with van der Waals surface area (Å²) in [7, 11) is 0. The summed E-state index contributed by atoms with van der Waals surface area (Å²) in [5.74, 6) is 0.617. The standard InChI is InChI=1S/C22H24N2O3/c25-21(23-20-11-3-7-16-6-1-2-10-19(16)20)15-27-18-9-4-8-17(14-18)24-13-5-12-22(24)26/h1-2,4,6,8-10,14,20H,3,5,7,11-13,15H2,(H,23,25)/t20-/m0/s1. The highest BCUT2D eigenvalue weighted by Crippen LogP contribution is 2.29. The molecule has 1 atom stereocenters. The smallest absolute Gasteiger partial charge is 0.258 e. The predicted octanol–water partition coefficient (Wildman–Crippen LogP) is 3.39. The number of nitrogens with zero attached hydrogens (tertiary/aromatic N) is 1. The number of nitrogens with one attached hydrogen (secondary N) is 1. The number of fused-ring (bicyclic) bond motifs is 1. The van der Waals surface area contributed by atoms with Crippen LogP contribution in [0, 0.1) is 0 Å². The van der Waals surface area contributed by atoms with Gasteiger partial charge in [-0.25, -0.2) is 0 Å². The first-order valence-electron chi connectivity index (χ1n) is 9.61. The zero-order valence-electron chi connectivity index (χ0n) is 15.3. The molecule has 0 spiro atoms. The van der Waals surface area contributed by atoms with Crippen LogP contribution >= 0.6 is 0 Å². The minimum Gasteiger partial charge on any atom is -0.484 e. The number of aryl methyl sites for hydroxylation is 1. The monoisotopic (exact) mass is 364 g/mol. The van der Waals surface area contributed by atoms with Gasteiger partial charge < -0.3 is 15.0 Å². The Morgan fingerprint density at radius 2 is 2.00 bits per heavy atom. The Balaban J connectivity index is 1.36. The van der Waals surface area contributed by atoms with E-state index in [9.17, 15) is 9.59 Å². The molecule has 0 unspecified atom stereocenters. The van der Waals surface area contributed by atoms with Gasteiger partial charge in [0.2, 0.25) is 5.91 Å². The highest BCUT2D eigenvalue weighted by Gasteiger charge is 2.23. The summed E-state index contributed by atoms with van der Waals surface area (Å²) in [5, 5.41) is 3.09. The first-order valence-corrected chi connectivity index (χ1v) is 9.61. The molecule has 0 saturated carbocycles. The molecule has 4 rings (SSSR count). The van der Waals surface area contributed by atoms with Crippen LogP contribution in [0.5, 0.6) is 5.75 Å². The second-order valence-corrected chi connectivity index (χ2v) is 7.15. The van der Waals surface area contributed by atoms with Crippen molar-refractivity contribution in [1.82, 2.24) is 5.32 Å². The molecule has 1 heterocycles. The molecule has 0 bridgehead atoms. The molecule has 1 fully saturated rings. The van der Waals surface area contributed by atoms with Crippen molar-refractivity contribution in [3.8, 4) is 5.75 Å². The molecular formula is C22H24N2O3.